The van der Waals surface area contributed by atoms with E-state index in [1.165, 1.54) is 0 Å². The lowest BCUT2D eigenvalue weighted by Gasteiger charge is -2.25. The molecule has 4 bridgehead atoms. The maximum atomic E-state index is 14.5. The van der Waals surface area contributed by atoms with E-state index >= 15 is 0 Å². The zero-order valence-electron chi connectivity index (χ0n) is 16.1. The zero-order chi connectivity index (χ0) is 20.4. The maximum absolute atomic E-state index is 14.5. The normalized spacial score (nSPS) is 26.8. The number of rotatable bonds is 2. The lowest BCUT2D eigenvalue weighted by Crippen LogP contribution is -2.40. The minimum Gasteiger partial charge on any atom is -0.489 e. The Bertz CT molecular complexity index is 935. The zero-order valence-corrected chi connectivity index (χ0v) is 16.1. The smallest absolute Gasteiger partial charge is 0.229 e. The highest BCUT2D eigenvalue weighted by Crippen LogP contribution is 2.41. The first-order valence-electron chi connectivity index (χ1n) is 9.80. The molecule has 0 spiro atoms. The van der Waals surface area contributed by atoms with Crippen LogP contribution >= 0.6 is 0 Å². The lowest BCUT2D eigenvalue weighted by atomic mass is 9.90. The summed E-state index contributed by atoms with van der Waals surface area (Å²) in [5, 5.41) is 6.21. The summed E-state index contributed by atoms with van der Waals surface area (Å²) >= 11 is 0. The summed E-state index contributed by atoms with van der Waals surface area (Å²) in [7, 11) is 0. The molecule has 4 rings (SSSR count). The molecule has 8 heteroatoms. The van der Waals surface area contributed by atoms with Crippen molar-refractivity contribution in [2.24, 2.45) is 23.5 Å². The Morgan fingerprint density at radius 2 is 2.28 bits per heavy atom. The quantitative estimate of drug-likeness (QED) is 0.673. The van der Waals surface area contributed by atoms with Crippen LogP contribution < -0.4 is 21.1 Å². The number of carbonyl (C=O) groups is 1. The van der Waals surface area contributed by atoms with E-state index in [-0.39, 0.29) is 35.6 Å². The highest BCUT2D eigenvalue weighted by molar-refractivity contribution is 5.79. The Labute approximate surface area is 168 Å². The van der Waals surface area contributed by atoms with Gasteiger partial charge in [-0.3, -0.25) is 4.79 Å². The molecule has 2 heterocycles. The fourth-order valence-electron chi connectivity index (χ4n) is 4.28. The number of ether oxygens (including phenoxy) is 1. The summed E-state index contributed by atoms with van der Waals surface area (Å²) in [5.74, 6) is -0.260. The predicted octanol–water partition coefficient (Wildman–Crippen LogP) is 3.24. The lowest BCUT2D eigenvalue weighted by molar-refractivity contribution is -0.123. The first kappa shape index (κ1) is 19.2. The number of halogens is 1. The molecule has 1 aromatic carbocycles. The SMILES string of the molecule is CCC1CC2/C=C/COc3cccc(c3)Nc3ncc(F)c(n3)N[C@H]2[C@H]1C(N)=O. The van der Waals surface area contributed by atoms with Gasteiger partial charge in [0.1, 0.15) is 12.4 Å². The third-order valence-corrected chi connectivity index (χ3v) is 5.65. The molecule has 7 nitrogen and oxygen atoms in total. The minimum atomic E-state index is -0.578. The van der Waals surface area contributed by atoms with Crippen molar-refractivity contribution in [1.29, 1.82) is 0 Å². The first-order chi connectivity index (χ1) is 14.0. The molecule has 1 saturated carbocycles. The van der Waals surface area contributed by atoms with E-state index in [2.05, 4.69) is 20.6 Å². The van der Waals surface area contributed by atoms with Crippen LogP contribution in [0.25, 0.3) is 0 Å². The Morgan fingerprint density at radius 1 is 1.41 bits per heavy atom. The van der Waals surface area contributed by atoms with Gasteiger partial charge in [0.05, 0.1) is 12.1 Å². The fourth-order valence-corrected chi connectivity index (χ4v) is 4.28. The van der Waals surface area contributed by atoms with Gasteiger partial charge in [-0.1, -0.05) is 31.6 Å². The largest absolute Gasteiger partial charge is 0.489 e. The van der Waals surface area contributed by atoms with Gasteiger partial charge in [-0.2, -0.15) is 4.98 Å². The van der Waals surface area contributed by atoms with Crippen molar-refractivity contribution >= 4 is 23.4 Å². The number of anilines is 3. The summed E-state index contributed by atoms with van der Waals surface area (Å²) in [6.07, 6.45) is 6.67. The standard InChI is InChI=1S/C21H24FN5O2/c1-2-12-9-13-5-4-8-29-15-7-3-6-14(10-15)25-21-24-11-16(22)20(27-21)26-18(13)17(12)19(23)28/h3-7,10-13,17-18H,2,8-9H2,1H3,(H2,23,28)(H2,24,25,26,27)/b5-4+/t12?,13?,17-,18+/m0/s1. The van der Waals surface area contributed by atoms with Gasteiger partial charge in [0.25, 0.3) is 0 Å². The molecular weight excluding hydrogens is 373 g/mol. The molecule has 1 aromatic heterocycles. The van der Waals surface area contributed by atoms with E-state index in [9.17, 15) is 9.18 Å². The number of hydrogen-bond donors (Lipinski definition) is 3. The summed E-state index contributed by atoms with van der Waals surface area (Å²) < 4.78 is 20.3. The van der Waals surface area contributed by atoms with Crippen molar-refractivity contribution in [3.8, 4) is 5.75 Å². The summed E-state index contributed by atoms with van der Waals surface area (Å²) in [6, 6.07) is 7.03. The first-order valence-corrected chi connectivity index (χ1v) is 9.80. The van der Waals surface area contributed by atoms with Crippen LogP contribution in [0, 0.1) is 23.6 Å². The van der Waals surface area contributed by atoms with Gasteiger partial charge in [-0.05, 0) is 30.4 Å². The monoisotopic (exact) mass is 397 g/mol. The van der Waals surface area contributed by atoms with Crippen LogP contribution in [-0.2, 0) is 4.79 Å². The number of nitrogens with zero attached hydrogens (tertiary/aromatic N) is 2. The molecule has 152 valence electrons. The molecule has 1 aliphatic heterocycles. The summed E-state index contributed by atoms with van der Waals surface area (Å²) in [5.41, 5.74) is 6.45. The summed E-state index contributed by atoms with van der Waals surface area (Å²) in [6.45, 7) is 2.43. The second kappa shape index (κ2) is 8.06. The van der Waals surface area contributed by atoms with Crippen molar-refractivity contribution in [1.82, 2.24) is 9.97 Å². The molecule has 0 radical (unpaired) electrons. The van der Waals surface area contributed by atoms with Crippen LogP contribution in [0.4, 0.5) is 21.8 Å². The molecule has 2 unspecified atom stereocenters. The van der Waals surface area contributed by atoms with Crippen LogP contribution in [0.1, 0.15) is 19.8 Å². The van der Waals surface area contributed by atoms with Gasteiger partial charge in [-0.25, -0.2) is 9.37 Å². The highest BCUT2D eigenvalue weighted by atomic mass is 19.1. The van der Waals surface area contributed by atoms with Gasteiger partial charge >= 0.3 is 0 Å². The summed E-state index contributed by atoms with van der Waals surface area (Å²) in [4.78, 5) is 20.5. The molecule has 1 aliphatic carbocycles. The van der Waals surface area contributed by atoms with E-state index in [0.717, 1.165) is 24.7 Å². The molecule has 1 amide bonds. The maximum Gasteiger partial charge on any atom is 0.229 e. The molecule has 1 fully saturated rings. The van der Waals surface area contributed by atoms with Crippen LogP contribution in [0.5, 0.6) is 5.75 Å². The third kappa shape index (κ3) is 4.01. The van der Waals surface area contributed by atoms with Crippen LogP contribution in [0.2, 0.25) is 0 Å². The molecule has 2 aliphatic rings. The molecular formula is C21H24FN5O2. The third-order valence-electron chi connectivity index (χ3n) is 5.65. The highest BCUT2D eigenvalue weighted by Gasteiger charge is 2.44. The van der Waals surface area contributed by atoms with Crippen molar-refractivity contribution in [3.63, 3.8) is 0 Å². The van der Waals surface area contributed by atoms with Gasteiger partial charge in [0.15, 0.2) is 11.6 Å². The van der Waals surface area contributed by atoms with Crippen molar-refractivity contribution in [2.75, 3.05) is 17.2 Å². The van der Waals surface area contributed by atoms with Crippen LogP contribution in [-0.4, -0.2) is 28.5 Å². The molecule has 29 heavy (non-hydrogen) atoms. The van der Waals surface area contributed by atoms with Crippen molar-refractivity contribution in [2.45, 2.75) is 25.8 Å². The number of carbonyl (C=O) groups excluding carboxylic acids is 1. The predicted molar refractivity (Wildman–Crippen MR) is 108 cm³/mol. The van der Waals surface area contributed by atoms with E-state index in [1.54, 1.807) is 0 Å². The average molecular weight is 397 g/mol. The van der Waals surface area contributed by atoms with Gasteiger partial charge in [0.2, 0.25) is 11.9 Å². The van der Waals surface area contributed by atoms with Crippen LogP contribution in [0.3, 0.4) is 0 Å². The number of nitrogens with one attached hydrogen (secondary N) is 2. The number of benzene rings is 1. The molecule has 4 N–H and O–H groups in total. The second-order valence-electron chi connectivity index (χ2n) is 7.45. The second-order valence-corrected chi connectivity index (χ2v) is 7.45. The van der Waals surface area contributed by atoms with Crippen molar-refractivity contribution in [3.05, 3.63) is 48.4 Å². The van der Waals surface area contributed by atoms with E-state index < -0.39 is 11.7 Å². The van der Waals surface area contributed by atoms with E-state index in [0.29, 0.717) is 12.4 Å². The topological polar surface area (TPSA) is 102 Å². The number of nitrogens with two attached hydrogens (primary N) is 1. The Kier molecular flexibility index (Phi) is 5.33. The molecule has 2 aromatic rings. The fraction of sp³-hybridized carbons (Fsp3) is 0.381. The minimum absolute atomic E-state index is 0.00102. The molecule has 4 atom stereocenters. The Balaban J connectivity index is 1.75. The number of amides is 1. The van der Waals surface area contributed by atoms with E-state index in [1.807, 2.05) is 43.3 Å². The van der Waals surface area contributed by atoms with Crippen molar-refractivity contribution < 1.29 is 13.9 Å². The number of primary amides is 1. The number of hydrogen-bond acceptors (Lipinski definition) is 6. The number of aromatic nitrogens is 2. The van der Waals surface area contributed by atoms with Crippen LogP contribution in [0.15, 0.2) is 42.6 Å². The average Bonchev–Trinajstić information content (AvgIpc) is 3.05. The molecule has 0 saturated heterocycles. The van der Waals surface area contributed by atoms with Gasteiger partial charge in [-0.15, -0.1) is 0 Å². The Hall–Kier alpha value is -3.16. The van der Waals surface area contributed by atoms with Gasteiger partial charge < -0.3 is 21.1 Å². The Morgan fingerprint density at radius 3 is 3.07 bits per heavy atom. The van der Waals surface area contributed by atoms with Gasteiger partial charge in [0, 0.05) is 17.8 Å². The van der Waals surface area contributed by atoms with E-state index in [4.69, 9.17) is 10.5 Å². The number of fused-ring (bicyclic) bond motifs is 5.